The van der Waals surface area contributed by atoms with Crippen LogP contribution in [0.3, 0.4) is 0 Å². The third-order valence-corrected chi connectivity index (χ3v) is 4.64. The Bertz CT molecular complexity index is 501. The summed E-state index contributed by atoms with van der Waals surface area (Å²) in [6.07, 6.45) is 2.27. The zero-order chi connectivity index (χ0) is 14.7. The summed E-state index contributed by atoms with van der Waals surface area (Å²) in [4.78, 5) is 13.0. The number of nitrogens with zero attached hydrogens (tertiary/aromatic N) is 2. The predicted molar refractivity (Wildman–Crippen MR) is 89.7 cm³/mol. The van der Waals surface area contributed by atoms with Gasteiger partial charge in [-0.15, -0.1) is 12.4 Å². The maximum absolute atomic E-state index is 11.0. The summed E-state index contributed by atoms with van der Waals surface area (Å²) in [6.45, 7) is 4.63. The third kappa shape index (κ3) is 4.64. The molecule has 1 heterocycles. The Morgan fingerprint density at radius 2 is 2.24 bits per heavy atom. The van der Waals surface area contributed by atoms with Crippen LogP contribution in [0.2, 0.25) is 0 Å². The predicted octanol–water partition coefficient (Wildman–Crippen LogP) is 3.34. The van der Waals surface area contributed by atoms with E-state index in [-0.39, 0.29) is 23.0 Å². The molecule has 0 saturated carbocycles. The van der Waals surface area contributed by atoms with Gasteiger partial charge in [0, 0.05) is 25.2 Å². The lowest BCUT2D eigenvalue weighted by Crippen LogP contribution is -2.45. The number of hydrogen-bond acceptors (Lipinski definition) is 4. The molecule has 1 aromatic rings. The molecule has 0 aromatic heterocycles. The SMILES string of the molecule is CC1CCN(Cc2ccc(Br)c([N+](=O)[O-])c2)C(CN)C1.Cl. The van der Waals surface area contributed by atoms with Crippen LogP contribution in [0.5, 0.6) is 0 Å². The van der Waals surface area contributed by atoms with Gasteiger partial charge in [0.2, 0.25) is 0 Å². The second kappa shape index (κ2) is 8.08. The van der Waals surface area contributed by atoms with E-state index in [1.165, 1.54) is 0 Å². The van der Waals surface area contributed by atoms with Gasteiger partial charge in [-0.25, -0.2) is 0 Å². The van der Waals surface area contributed by atoms with E-state index in [4.69, 9.17) is 5.73 Å². The van der Waals surface area contributed by atoms with Gasteiger partial charge in [-0.05, 0) is 52.9 Å². The molecule has 1 aliphatic rings. The molecule has 118 valence electrons. The normalized spacial score (nSPS) is 22.6. The summed E-state index contributed by atoms with van der Waals surface area (Å²) >= 11 is 3.21. The molecule has 1 fully saturated rings. The van der Waals surface area contributed by atoms with Crippen molar-refractivity contribution in [1.29, 1.82) is 0 Å². The Morgan fingerprint density at radius 3 is 2.86 bits per heavy atom. The first kappa shape index (κ1) is 18.4. The van der Waals surface area contributed by atoms with E-state index in [0.717, 1.165) is 31.5 Å². The Balaban J connectivity index is 0.00000220. The van der Waals surface area contributed by atoms with Gasteiger partial charge in [-0.3, -0.25) is 15.0 Å². The maximum Gasteiger partial charge on any atom is 0.283 e. The van der Waals surface area contributed by atoms with E-state index in [1.54, 1.807) is 12.1 Å². The number of nitrogens with two attached hydrogens (primary N) is 1. The Labute approximate surface area is 139 Å². The van der Waals surface area contributed by atoms with Crippen molar-refractivity contribution in [3.05, 3.63) is 38.3 Å². The summed E-state index contributed by atoms with van der Waals surface area (Å²) in [5, 5.41) is 11.0. The minimum atomic E-state index is -0.355. The van der Waals surface area contributed by atoms with Crippen LogP contribution in [-0.2, 0) is 6.54 Å². The van der Waals surface area contributed by atoms with E-state index in [1.807, 2.05) is 6.07 Å². The van der Waals surface area contributed by atoms with Crippen molar-refractivity contribution in [2.75, 3.05) is 13.1 Å². The van der Waals surface area contributed by atoms with Gasteiger partial charge >= 0.3 is 0 Å². The standard InChI is InChI=1S/C14H20BrN3O2.ClH/c1-10-4-5-17(12(6-10)8-16)9-11-2-3-13(15)14(7-11)18(19)20;/h2-3,7,10,12H,4-6,8-9,16H2,1H3;1H. The molecule has 0 bridgehead atoms. The van der Waals surface area contributed by atoms with E-state index >= 15 is 0 Å². The molecule has 0 amide bonds. The molecule has 1 aromatic carbocycles. The minimum Gasteiger partial charge on any atom is -0.329 e. The fourth-order valence-corrected chi connectivity index (χ4v) is 3.18. The van der Waals surface area contributed by atoms with Crippen molar-refractivity contribution < 1.29 is 4.92 Å². The molecule has 5 nitrogen and oxygen atoms in total. The van der Waals surface area contributed by atoms with Gasteiger partial charge in [-0.2, -0.15) is 0 Å². The highest BCUT2D eigenvalue weighted by molar-refractivity contribution is 9.10. The van der Waals surface area contributed by atoms with Crippen LogP contribution in [0.1, 0.15) is 25.3 Å². The second-order valence-corrected chi connectivity index (χ2v) is 6.39. The van der Waals surface area contributed by atoms with Crippen LogP contribution in [-0.4, -0.2) is 29.0 Å². The zero-order valence-electron chi connectivity index (χ0n) is 12.0. The van der Waals surface area contributed by atoms with Crippen LogP contribution in [0.15, 0.2) is 22.7 Å². The van der Waals surface area contributed by atoms with Crippen molar-refractivity contribution in [3.63, 3.8) is 0 Å². The molecule has 2 rings (SSSR count). The molecule has 0 spiro atoms. The minimum absolute atomic E-state index is 0. The van der Waals surface area contributed by atoms with Gasteiger partial charge in [0.25, 0.3) is 5.69 Å². The Morgan fingerprint density at radius 1 is 1.52 bits per heavy atom. The first-order valence-electron chi connectivity index (χ1n) is 6.88. The molecule has 0 aliphatic carbocycles. The van der Waals surface area contributed by atoms with Gasteiger partial charge in [0.1, 0.15) is 0 Å². The van der Waals surface area contributed by atoms with Crippen molar-refractivity contribution in [2.45, 2.75) is 32.4 Å². The lowest BCUT2D eigenvalue weighted by molar-refractivity contribution is -0.385. The first-order valence-corrected chi connectivity index (χ1v) is 7.67. The number of rotatable bonds is 4. The van der Waals surface area contributed by atoms with E-state index < -0.39 is 0 Å². The van der Waals surface area contributed by atoms with Crippen LogP contribution in [0.4, 0.5) is 5.69 Å². The molecule has 1 aliphatic heterocycles. The highest BCUT2D eigenvalue weighted by Gasteiger charge is 2.25. The first-order chi connectivity index (χ1) is 9.51. The number of nitro groups is 1. The summed E-state index contributed by atoms with van der Waals surface area (Å²) < 4.78 is 0.522. The smallest absolute Gasteiger partial charge is 0.283 e. The van der Waals surface area contributed by atoms with Crippen molar-refractivity contribution in [3.8, 4) is 0 Å². The average molecular weight is 379 g/mol. The lowest BCUT2D eigenvalue weighted by Gasteiger charge is -2.38. The summed E-state index contributed by atoms with van der Waals surface area (Å²) in [7, 11) is 0. The van der Waals surface area contributed by atoms with Gasteiger partial charge in [0.15, 0.2) is 0 Å². The van der Waals surface area contributed by atoms with E-state index in [2.05, 4.69) is 27.8 Å². The zero-order valence-corrected chi connectivity index (χ0v) is 14.4. The molecule has 2 atom stereocenters. The highest BCUT2D eigenvalue weighted by Crippen LogP contribution is 2.28. The van der Waals surface area contributed by atoms with Crippen LogP contribution in [0, 0.1) is 16.0 Å². The Kier molecular flexibility index (Phi) is 7.06. The number of hydrogen-bond donors (Lipinski definition) is 1. The number of likely N-dealkylation sites (tertiary alicyclic amines) is 1. The van der Waals surface area contributed by atoms with E-state index in [9.17, 15) is 10.1 Å². The number of nitro benzene ring substituents is 1. The number of piperidine rings is 1. The van der Waals surface area contributed by atoms with E-state index in [0.29, 0.717) is 23.0 Å². The van der Waals surface area contributed by atoms with Gasteiger partial charge < -0.3 is 5.73 Å². The van der Waals surface area contributed by atoms with Crippen LogP contribution < -0.4 is 5.73 Å². The molecule has 1 saturated heterocycles. The summed E-state index contributed by atoms with van der Waals surface area (Å²) in [5.41, 5.74) is 6.94. The lowest BCUT2D eigenvalue weighted by atomic mass is 9.92. The quantitative estimate of drug-likeness (QED) is 0.644. The molecule has 2 N–H and O–H groups in total. The fraction of sp³-hybridized carbons (Fsp3) is 0.571. The monoisotopic (exact) mass is 377 g/mol. The topological polar surface area (TPSA) is 72.4 Å². The van der Waals surface area contributed by atoms with Crippen LogP contribution >= 0.6 is 28.3 Å². The Hall–Kier alpha value is -0.690. The molecule has 21 heavy (non-hydrogen) atoms. The summed E-state index contributed by atoms with van der Waals surface area (Å²) in [5.74, 6) is 0.707. The summed E-state index contributed by atoms with van der Waals surface area (Å²) in [6, 6.07) is 5.71. The van der Waals surface area contributed by atoms with Crippen molar-refractivity contribution in [1.82, 2.24) is 4.90 Å². The van der Waals surface area contributed by atoms with Crippen molar-refractivity contribution in [2.24, 2.45) is 11.7 Å². The fourth-order valence-electron chi connectivity index (χ4n) is 2.78. The van der Waals surface area contributed by atoms with Gasteiger partial charge in [0.05, 0.1) is 9.40 Å². The number of halogens is 2. The van der Waals surface area contributed by atoms with Gasteiger partial charge in [-0.1, -0.05) is 13.0 Å². The highest BCUT2D eigenvalue weighted by atomic mass is 79.9. The number of benzene rings is 1. The molecular formula is C14H21BrClN3O2. The molecule has 7 heteroatoms. The van der Waals surface area contributed by atoms with Crippen molar-refractivity contribution >= 4 is 34.0 Å². The third-order valence-electron chi connectivity index (χ3n) is 3.96. The molecular weight excluding hydrogens is 358 g/mol. The second-order valence-electron chi connectivity index (χ2n) is 5.53. The largest absolute Gasteiger partial charge is 0.329 e. The molecule has 2 unspecified atom stereocenters. The maximum atomic E-state index is 11.0. The van der Waals surface area contributed by atoms with Crippen LogP contribution in [0.25, 0.3) is 0 Å². The molecule has 0 radical (unpaired) electrons. The average Bonchev–Trinajstić information content (AvgIpc) is 2.42.